The maximum Gasteiger partial charge on any atom is 0.303 e. The molecule has 0 aromatic carbocycles. The molecule has 0 spiro atoms. The van der Waals surface area contributed by atoms with Crippen molar-refractivity contribution >= 4 is 11.9 Å². The third kappa shape index (κ3) is 6.87. The Morgan fingerprint density at radius 2 is 1.60 bits per heavy atom. The molecule has 0 aliphatic heterocycles. The molecule has 0 bridgehead atoms. The Morgan fingerprint density at radius 3 is 2.17 bits per heavy atom. The Hall–Kier alpha value is -1.22. The summed E-state index contributed by atoms with van der Waals surface area (Å²) in [7, 11) is 0. The SMILES string of the molecule is CC(C)C[C@H](CN)CC(=O)O.C[C@H](CCC(=O)O)[C@H]1CC[C@H]2[C@@H]3[C@H](O)C[C@@H]4C[C@H](O)CC[C@]4(C)[C@H]3C[C@H](O)[C@]12C. The average molecular weight is 568 g/mol. The van der Waals surface area contributed by atoms with Crippen LogP contribution in [0.2, 0.25) is 0 Å². The van der Waals surface area contributed by atoms with Gasteiger partial charge in [-0.05, 0) is 123 Å². The largest absolute Gasteiger partial charge is 0.481 e. The molecule has 8 heteroatoms. The molecule has 7 N–H and O–H groups in total. The Bertz CT molecular complexity index is 866. The molecule has 40 heavy (non-hydrogen) atoms. The van der Waals surface area contributed by atoms with E-state index in [4.69, 9.17) is 15.9 Å². The van der Waals surface area contributed by atoms with Crippen LogP contribution in [0, 0.1) is 58.2 Å². The van der Waals surface area contributed by atoms with Crippen LogP contribution in [0.4, 0.5) is 0 Å². The number of rotatable bonds is 9. The van der Waals surface area contributed by atoms with E-state index in [1.807, 2.05) is 0 Å². The maximum atomic E-state index is 11.5. The van der Waals surface area contributed by atoms with Gasteiger partial charge in [-0.3, -0.25) is 9.59 Å². The minimum Gasteiger partial charge on any atom is -0.481 e. The summed E-state index contributed by atoms with van der Waals surface area (Å²) in [6, 6.07) is 0. The van der Waals surface area contributed by atoms with Crippen LogP contribution >= 0.6 is 0 Å². The summed E-state index contributed by atoms with van der Waals surface area (Å²) in [4.78, 5) is 21.4. The zero-order valence-electron chi connectivity index (χ0n) is 25.5. The van der Waals surface area contributed by atoms with Crippen LogP contribution in [0.15, 0.2) is 0 Å². The fraction of sp³-hybridized carbons (Fsp3) is 0.938. The summed E-state index contributed by atoms with van der Waals surface area (Å²) in [6.07, 6.45) is 7.11. The highest BCUT2D eigenvalue weighted by Crippen LogP contribution is 2.68. The first-order valence-electron chi connectivity index (χ1n) is 15.8. The fourth-order valence-corrected chi connectivity index (χ4v) is 9.86. The molecule has 0 aromatic heterocycles. The van der Waals surface area contributed by atoms with Crippen LogP contribution < -0.4 is 5.73 Å². The van der Waals surface area contributed by atoms with Crippen LogP contribution in [-0.2, 0) is 9.59 Å². The van der Waals surface area contributed by atoms with E-state index in [9.17, 15) is 24.9 Å². The third-order valence-electron chi connectivity index (χ3n) is 11.9. The highest BCUT2D eigenvalue weighted by molar-refractivity contribution is 5.67. The molecule has 0 radical (unpaired) electrons. The minimum absolute atomic E-state index is 0.0957. The second-order valence-electron chi connectivity index (χ2n) is 14.8. The Labute approximate surface area is 241 Å². The van der Waals surface area contributed by atoms with Crippen molar-refractivity contribution in [2.24, 2.45) is 63.9 Å². The van der Waals surface area contributed by atoms with Gasteiger partial charge in [0.1, 0.15) is 0 Å². The van der Waals surface area contributed by atoms with Gasteiger partial charge in [0.25, 0.3) is 0 Å². The summed E-state index contributed by atoms with van der Waals surface area (Å²) >= 11 is 0. The van der Waals surface area contributed by atoms with Gasteiger partial charge >= 0.3 is 11.9 Å². The number of hydrogen-bond donors (Lipinski definition) is 6. The number of aliphatic hydroxyl groups excluding tert-OH is 3. The second-order valence-corrected chi connectivity index (χ2v) is 14.8. The first kappa shape index (κ1) is 33.3. The zero-order chi connectivity index (χ0) is 30.0. The zero-order valence-corrected chi connectivity index (χ0v) is 25.5. The van der Waals surface area contributed by atoms with E-state index in [0.717, 1.165) is 51.4 Å². The van der Waals surface area contributed by atoms with Crippen LogP contribution in [-0.4, -0.2) is 62.3 Å². The molecule has 4 aliphatic carbocycles. The molecule has 8 nitrogen and oxygen atoms in total. The minimum atomic E-state index is -0.749. The number of fused-ring (bicyclic) bond motifs is 5. The molecule has 0 aromatic rings. The van der Waals surface area contributed by atoms with Gasteiger partial charge in [-0.1, -0.05) is 34.6 Å². The van der Waals surface area contributed by atoms with Gasteiger partial charge in [0, 0.05) is 12.8 Å². The Kier molecular flexibility index (Phi) is 11.1. The lowest BCUT2D eigenvalue weighted by Crippen LogP contribution is -2.62. The molecule has 0 unspecified atom stereocenters. The monoisotopic (exact) mass is 567 g/mol. The van der Waals surface area contributed by atoms with Crippen molar-refractivity contribution in [2.45, 2.75) is 124 Å². The lowest BCUT2D eigenvalue weighted by molar-refractivity contribution is -0.207. The predicted molar refractivity (Wildman–Crippen MR) is 154 cm³/mol. The molecule has 4 fully saturated rings. The predicted octanol–water partition coefficient (Wildman–Crippen LogP) is 4.53. The molecular formula is C32H57NO7. The second kappa shape index (κ2) is 13.4. The quantitative estimate of drug-likeness (QED) is 0.237. The van der Waals surface area contributed by atoms with Crippen molar-refractivity contribution < 1.29 is 35.1 Å². The standard InChI is InChI=1S/C24H40O5.C8H17NO2/c1-13(4-7-21(28)29)16-5-6-17-22-18(12-20(27)24(16,17)3)23(2)9-8-15(25)10-14(23)11-19(22)26;1-6(2)3-7(5-9)4-8(10)11/h13-20,22,25-27H,4-12H2,1-3H3,(H,28,29);6-7H,3-5,9H2,1-2H3,(H,10,11)/t13-,14+,15-,16-,17+,18+,19-,20+,22+,23+,24-;7-/m10/s1. The Morgan fingerprint density at radius 1 is 0.925 bits per heavy atom. The summed E-state index contributed by atoms with van der Waals surface area (Å²) in [6.45, 7) is 11.3. The molecule has 4 rings (SSSR count). The number of carboxylic acids is 2. The van der Waals surface area contributed by atoms with Crippen molar-refractivity contribution in [3.05, 3.63) is 0 Å². The van der Waals surface area contributed by atoms with Crippen LogP contribution in [0.25, 0.3) is 0 Å². The van der Waals surface area contributed by atoms with E-state index < -0.39 is 18.0 Å². The smallest absolute Gasteiger partial charge is 0.303 e. The number of carboxylic acid groups (broad SMARTS) is 2. The molecule has 0 saturated heterocycles. The summed E-state index contributed by atoms with van der Waals surface area (Å²) < 4.78 is 0. The highest BCUT2D eigenvalue weighted by Gasteiger charge is 2.65. The van der Waals surface area contributed by atoms with Crippen molar-refractivity contribution in [2.75, 3.05) is 6.54 Å². The normalized spacial score (nSPS) is 42.0. The van der Waals surface area contributed by atoms with Crippen molar-refractivity contribution in [3.63, 3.8) is 0 Å². The fourth-order valence-electron chi connectivity index (χ4n) is 9.86. The van der Waals surface area contributed by atoms with Gasteiger partial charge in [0.15, 0.2) is 0 Å². The lowest BCUT2D eigenvalue weighted by atomic mass is 9.43. The summed E-state index contributed by atoms with van der Waals surface area (Å²) in [5.74, 6) is 0.925. The van der Waals surface area contributed by atoms with E-state index in [-0.39, 0.29) is 53.6 Å². The first-order valence-corrected chi connectivity index (χ1v) is 15.8. The first-order chi connectivity index (χ1) is 18.6. The maximum absolute atomic E-state index is 11.5. The number of aliphatic carboxylic acids is 2. The van der Waals surface area contributed by atoms with E-state index in [0.29, 0.717) is 42.6 Å². The molecule has 4 saturated carbocycles. The third-order valence-corrected chi connectivity index (χ3v) is 11.9. The van der Waals surface area contributed by atoms with Gasteiger partial charge in [-0.15, -0.1) is 0 Å². The van der Waals surface area contributed by atoms with Gasteiger partial charge in [-0.25, -0.2) is 0 Å². The van der Waals surface area contributed by atoms with E-state index in [1.165, 1.54) is 0 Å². The van der Waals surface area contributed by atoms with Gasteiger partial charge in [-0.2, -0.15) is 0 Å². The van der Waals surface area contributed by atoms with Gasteiger partial charge in [0.05, 0.1) is 18.3 Å². The number of aliphatic hydroxyl groups is 3. The number of hydrogen-bond acceptors (Lipinski definition) is 6. The molecule has 0 heterocycles. The van der Waals surface area contributed by atoms with Crippen LogP contribution in [0.3, 0.4) is 0 Å². The van der Waals surface area contributed by atoms with Crippen LogP contribution in [0.1, 0.15) is 105 Å². The van der Waals surface area contributed by atoms with E-state index in [1.54, 1.807) is 0 Å². The molecule has 0 amide bonds. The van der Waals surface area contributed by atoms with Gasteiger partial charge in [0.2, 0.25) is 0 Å². The lowest BCUT2D eigenvalue weighted by Gasteiger charge is -2.63. The molecule has 4 aliphatic rings. The number of carbonyl (C=O) groups is 2. The Balaban J connectivity index is 0.000000342. The van der Waals surface area contributed by atoms with Crippen LogP contribution in [0.5, 0.6) is 0 Å². The van der Waals surface area contributed by atoms with Crippen molar-refractivity contribution in [1.82, 2.24) is 0 Å². The number of nitrogens with two attached hydrogens (primary N) is 1. The topological polar surface area (TPSA) is 161 Å². The summed E-state index contributed by atoms with van der Waals surface area (Å²) in [5, 5.41) is 50.5. The van der Waals surface area contributed by atoms with Crippen molar-refractivity contribution in [3.8, 4) is 0 Å². The molecule has 12 atom stereocenters. The molecular weight excluding hydrogens is 510 g/mol. The summed E-state index contributed by atoms with van der Waals surface area (Å²) in [5.41, 5.74) is 5.26. The average Bonchev–Trinajstić information content (AvgIpc) is 3.22. The van der Waals surface area contributed by atoms with Gasteiger partial charge < -0.3 is 31.3 Å². The van der Waals surface area contributed by atoms with Crippen molar-refractivity contribution in [1.29, 1.82) is 0 Å². The van der Waals surface area contributed by atoms with E-state index >= 15 is 0 Å². The molecule has 232 valence electrons. The van der Waals surface area contributed by atoms with E-state index in [2.05, 4.69) is 34.6 Å². The highest BCUT2D eigenvalue weighted by atomic mass is 16.4.